The van der Waals surface area contributed by atoms with Gasteiger partial charge in [0.05, 0.1) is 0 Å². The van der Waals surface area contributed by atoms with Crippen molar-refractivity contribution in [1.29, 1.82) is 0 Å². The fraction of sp³-hybridized carbons (Fsp3) is 0.667. The summed E-state index contributed by atoms with van der Waals surface area (Å²) in [4.78, 5) is 0. The molecule has 0 spiro atoms. The highest BCUT2D eigenvalue weighted by molar-refractivity contribution is 5.22. The van der Waals surface area contributed by atoms with E-state index in [4.69, 9.17) is 0 Å². The molecule has 0 radical (unpaired) electrons. The molecule has 0 aliphatic rings. The Balaban J connectivity index is 4.23. The number of hydrogen-bond donors (Lipinski definition) is 0. The van der Waals surface area contributed by atoms with E-state index in [-0.39, 0.29) is 0 Å². The van der Waals surface area contributed by atoms with Gasteiger partial charge in [-0.2, -0.15) is 0 Å². The summed E-state index contributed by atoms with van der Waals surface area (Å²) in [5, 5.41) is 0. The van der Waals surface area contributed by atoms with Gasteiger partial charge in [-0.3, -0.25) is 0 Å². The Hall–Kier alpha value is -0.520. The van der Waals surface area contributed by atoms with Crippen LogP contribution in [0.4, 0.5) is 0 Å². The topological polar surface area (TPSA) is 0 Å². The predicted molar refractivity (Wildman–Crippen MR) is 57.3 cm³/mol. The van der Waals surface area contributed by atoms with Gasteiger partial charge in [0.15, 0.2) is 0 Å². The van der Waals surface area contributed by atoms with Gasteiger partial charge in [-0.15, -0.1) is 0 Å². The molecule has 0 unspecified atom stereocenters. The zero-order chi connectivity index (χ0) is 9.40. The highest BCUT2D eigenvalue weighted by Gasteiger charge is 1.93. The van der Waals surface area contributed by atoms with E-state index in [0.29, 0.717) is 0 Å². The molecule has 0 heterocycles. The highest BCUT2D eigenvalue weighted by Crippen LogP contribution is 2.13. The van der Waals surface area contributed by atoms with E-state index in [2.05, 4.69) is 39.8 Å². The Kier molecular flexibility index (Phi) is 6.84. The molecule has 0 N–H and O–H groups in total. The van der Waals surface area contributed by atoms with Crippen molar-refractivity contribution < 1.29 is 0 Å². The van der Waals surface area contributed by atoms with Gasteiger partial charge < -0.3 is 0 Å². The second kappa shape index (κ2) is 7.15. The Morgan fingerprint density at radius 3 is 2.00 bits per heavy atom. The lowest BCUT2D eigenvalue weighted by atomic mass is 10.0. The molecule has 0 aromatic heterocycles. The monoisotopic (exact) mass is 166 g/mol. The van der Waals surface area contributed by atoms with Crippen LogP contribution in [0.25, 0.3) is 0 Å². The second-order valence-electron chi connectivity index (χ2n) is 3.12. The van der Waals surface area contributed by atoms with Crippen LogP contribution in [-0.4, -0.2) is 0 Å². The molecule has 0 aliphatic carbocycles. The summed E-state index contributed by atoms with van der Waals surface area (Å²) in [5.74, 6) is 0. The van der Waals surface area contributed by atoms with Gasteiger partial charge in [0, 0.05) is 0 Å². The second-order valence-corrected chi connectivity index (χ2v) is 3.12. The normalized spacial score (nSPS) is 11.5. The molecule has 0 aromatic carbocycles. The standard InChI is InChI=1S/C12H22/c1-5-9-12(8-4)10-11(6-2)7-3/h8,10H,5-7,9H2,1-4H3/b12-8-. The molecule has 0 amide bonds. The van der Waals surface area contributed by atoms with Crippen LogP contribution in [0, 0.1) is 0 Å². The third-order valence-corrected chi connectivity index (χ3v) is 2.21. The van der Waals surface area contributed by atoms with Crippen LogP contribution in [0.3, 0.4) is 0 Å². The molecule has 0 saturated carbocycles. The van der Waals surface area contributed by atoms with Crippen molar-refractivity contribution in [2.45, 2.75) is 53.4 Å². The molecule has 0 nitrogen and oxygen atoms in total. The fourth-order valence-electron chi connectivity index (χ4n) is 1.30. The molecule has 0 aromatic rings. The van der Waals surface area contributed by atoms with Gasteiger partial charge in [-0.25, -0.2) is 0 Å². The van der Waals surface area contributed by atoms with Crippen LogP contribution in [-0.2, 0) is 0 Å². The van der Waals surface area contributed by atoms with Gasteiger partial charge in [-0.05, 0) is 26.2 Å². The smallest absolute Gasteiger partial charge is 0.0285 e. The zero-order valence-corrected chi connectivity index (χ0v) is 8.98. The van der Waals surface area contributed by atoms with Crippen molar-refractivity contribution in [3.05, 3.63) is 23.3 Å². The van der Waals surface area contributed by atoms with Crippen molar-refractivity contribution in [3.63, 3.8) is 0 Å². The first kappa shape index (κ1) is 11.5. The molecule has 0 heteroatoms. The van der Waals surface area contributed by atoms with Gasteiger partial charge >= 0.3 is 0 Å². The van der Waals surface area contributed by atoms with Crippen LogP contribution < -0.4 is 0 Å². The number of hydrogen-bond acceptors (Lipinski definition) is 0. The Labute approximate surface area is 77.4 Å². The van der Waals surface area contributed by atoms with E-state index in [9.17, 15) is 0 Å². The Bertz CT molecular complexity index is 155. The summed E-state index contributed by atoms with van der Waals surface area (Å²) < 4.78 is 0. The van der Waals surface area contributed by atoms with E-state index in [1.165, 1.54) is 31.3 Å². The third-order valence-electron chi connectivity index (χ3n) is 2.21. The number of rotatable bonds is 5. The maximum absolute atomic E-state index is 2.36. The Morgan fingerprint density at radius 1 is 1.08 bits per heavy atom. The molecular formula is C12H22. The molecule has 0 fully saturated rings. The zero-order valence-electron chi connectivity index (χ0n) is 8.98. The maximum atomic E-state index is 2.36. The molecule has 0 rings (SSSR count). The molecule has 0 saturated heterocycles. The van der Waals surface area contributed by atoms with Gasteiger partial charge in [0.2, 0.25) is 0 Å². The van der Waals surface area contributed by atoms with E-state index in [1.54, 1.807) is 5.57 Å². The first-order valence-electron chi connectivity index (χ1n) is 5.13. The fourth-order valence-corrected chi connectivity index (χ4v) is 1.30. The third kappa shape index (κ3) is 4.38. The quantitative estimate of drug-likeness (QED) is 0.528. The summed E-state index contributed by atoms with van der Waals surface area (Å²) in [7, 11) is 0. The average Bonchev–Trinajstić information content (AvgIpc) is 2.12. The van der Waals surface area contributed by atoms with E-state index in [1.807, 2.05) is 0 Å². The van der Waals surface area contributed by atoms with E-state index < -0.39 is 0 Å². The van der Waals surface area contributed by atoms with Crippen LogP contribution in [0.1, 0.15) is 53.4 Å². The molecule has 0 atom stereocenters. The largest absolute Gasteiger partial charge is 0.0844 e. The average molecular weight is 166 g/mol. The minimum Gasteiger partial charge on any atom is -0.0844 e. The number of allylic oxidation sites excluding steroid dienone is 4. The van der Waals surface area contributed by atoms with Crippen molar-refractivity contribution in [3.8, 4) is 0 Å². The van der Waals surface area contributed by atoms with Crippen molar-refractivity contribution >= 4 is 0 Å². The molecule has 0 aliphatic heterocycles. The summed E-state index contributed by atoms with van der Waals surface area (Å²) in [5.41, 5.74) is 3.06. The first-order valence-corrected chi connectivity index (χ1v) is 5.13. The minimum absolute atomic E-state index is 1.19. The minimum atomic E-state index is 1.19. The lowest BCUT2D eigenvalue weighted by molar-refractivity contribution is 0.907. The van der Waals surface area contributed by atoms with Gasteiger partial charge in [0.25, 0.3) is 0 Å². The first-order chi connectivity index (χ1) is 5.78. The van der Waals surface area contributed by atoms with Crippen LogP contribution in [0.2, 0.25) is 0 Å². The molecular weight excluding hydrogens is 144 g/mol. The highest BCUT2D eigenvalue weighted by atomic mass is 14.0. The van der Waals surface area contributed by atoms with Crippen LogP contribution >= 0.6 is 0 Å². The molecule has 70 valence electrons. The predicted octanol–water partition coefficient (Wildman–Crippen LogP) is 4.48. The lowest BCUT2D eigenvalue weighted by Gasteiger charge is -2.03. The molecule has 12 heavy (non-hydrogen) atoms. The van der Waals surface area contributed by atoms with E-state index in [0.717, 1.165) is 0 Å². The SMILES string of the molecule is C/C=C(\C=C(CC)CC)CCC. The van der Waals surface area contributed by atoms with Crippen molar-refractivity contribution in [1.82, 2.24) is 0 Å². The lowest BCUT2D eigenvalue weighted by Crippen LogP contribution is -1.82. The van der Waals surface area contributed by atoms with Crippen molar-refractivity contribution in [2.75, 3.05) is 0 Å². The Morgan fingerprint density at radius 2 is 1.67 bits per heavy atom. The van der Waals surface area contributed by atoms with Gasteiger partial charge in [0.1, 0.15) is 0 Å². The van der Waals surface area contributed by atoms with Crippen LogP contribution in [0.15, 0.2) is 23.3 Å². The summed E-state index contributed by atoms with van der Waals surface area (Å²) in [6.45, 7) is 8.82. The van der Waals surface area contributed by atoms with E-state index >= 15 is 0 Å². The summed E-state index contributed by atoms with van der Waals surface area (Å²) >= 11 is 0. The summed E-state index contributed by atoms with van der Waals surface area (Å²) in [6.07, 6.45) is 9.45. The van der Waals surface area contributed by atoms with Crippen LogP contribution in [0.5, 0.6) is 0 Å². The van der Waals surface area contributed by atoms with Gasteiger partial charge in [-0.1, -0.05) is 50.5 Å². The van der Waals surface area contributed by atoms with Crippen molar-refractivity contribution in [2.24, 2.45) is 0 Å². The molecule has 0 bridgehead atoms. The summed E-state index contributed by atoms with van der Waals surface area (Å²) in [6, 6.07) is 0. The maximum Gasteiger partial charge on any atom is -0.0285 e.